The highest BCUT2D eigenvalue weighted by Gasteiger charge is 2.31. The Morgan fingerprint density at radius 1 is 1.58 bits per heavy atom. The highest BCUT2D eigenvalue weighted by molar-refractivity contribution is 5.82. The number of amides is 1. The first kappa shape index (κ1) is 15.9. The number of carboxylic acids is 1. The fourth-order valence-electron chi connectivity index (χ4n) is 2.10. The highest BCUT2D eigenvalue weighted by Crippen LogP contribution is 2.13. The van der Waals surface area contributed by atoms with Crippen LogP contribution in [-0.2, 0) is 19.1 Å². The molecule has 110 valence electrons. The number of carbonyl (C=O) groups is 2. The molecule has 2 unspecified atom stereocenters. The SMILES string of the molecule is COCCCC(N)C(=O)N1CCOCC1CC(=O)O. The fraction of sp³-hybridized carbons (Fsp3) is 0.833. The summed E-state index contributed by atoms with van der Waals surface area (Å²) in [6.07, 6.45) is 1.12. The number of methoxy groups -OCH3 is 1. The van der Waals surface area contributed by atoms with Crippen LogP contribution in [0.25, 0.3) is 0 Å². The second-order valence-electron chi connectivity index (χ2n) is 4.60. The van der Waals surface area contributed by atoms with Crippen LogP contribution in [0.15, 0.2) is 0 Å². The molecule has 1 amide bonds. The molecule has 3 N–H and O–H groups in total. The quantitative estimate of drug-likeness (QED) is 0.603. The molecule has 7 heteroatoms. The van der Waals surface area contributed by atoms with E-state index in [0.717, 1.165) is 0 Å². The number of nitrogens with two attached hydrogens (primary N) is 1. The molecule has 2 atom stereocenters. The van der Waals surface area contributed by atoms with Crippen molar-refractivity contribution in [3.05, 3.63) is 0 Å². The van der Waals surface area contributed by atoms with Gasteiger partial charge in [0.2, 0.25) is 5.91 Å². The third kappa shape index (κ3) is 5.14. The van der Waals surface area contributed by atoms with E-state index < -0.39 is 18.1 Å². The van der Waals surface area contributed by atoms with E-state index in [1.165, 1.54) is 4.90 Å². The number of morpholine rings is 1. The Bertz CT molecular complexity index is 310. The number of carbonyl (C=O) groups excluding carboxylic acids is 1. The largest absolute Gasteiger partial charge is 0.481 e. The fourth-order valence-corrected chi connectivity index (χ4v) is 2.10. The number of carboxylic acid groups (broad SMARTS) is 1. The zero-order chi connectivity index (χ0) is 14.3. The molecule has 0 aliphatic carbocycles. The van der Waals surface area contributed by atoms with Gasteiger partial charge in [-0.15, -0.1) is 0 Å². The predicted molar refractivity (Wildman–Crippen MR) is 67.7 cm³/mol. The number of nitrogens with zero attached hydrogens (tertiary/aromatic N) is 1. The second kappa shape index (κ2) is 8.08. The maximum absolute atomic E-state index is 12.2. The molecule has 0 aromatic heterocycles. The van der Waals surface area contributed by atoms with Crippen molar-refractivity contribution in [1.82, 2.24) is 4.90 Å². The normalized spacial score (nSPS) is 21.2. The van der Waals surface area contributed by atoms with Crippen LogP contribution in [-0.4, -0.2) is 67.4 Å². The Labute approximate surface area is 112 Å². The van der Waals surface area contributed by atoms with Crippen LogP contribution in [0.1, 0.15) is 19.3 Å². The van der Waals surface area contributed by atoms with Gasteiger partial charge in [0.1, 0.15) is 0 Å². The van der Waals surface area contributed by atoms with Crippen molar-refractivity contribution in [3.8, 4) is 0 Å². The second-order valence-corrected chi connectivity index (χ2v) is 4.60. The van der Waals surface area contributed by atoms with Crippen molar-refractivity contribution in [1.29, 1.82) is 0 Å². The lowest BCUT2D eigenvalue weighted by molar-refractivity contribution is -0.147. The molecule has 1 aliphatic heterocycles. The predicted octanol–water partition coefficient (Wildman–Crippen LogP) is -0.558. The number of hydrogen-bond acceptors (Lipinski definition) is 5. The maximum atomic E-state index is 12.2. The van der Waals surface area contributed by atoms with Crippen LogP contribution in [0, 0.1) is 0 Å². The third-order valence-corrected chi connectivity index (χ3v) is 3.10. The highest BCUT2D eigenvalue weighted by atomic mass is 16.5. The van der Waals surface area contributed by atoms with Crippen LogP contribution in [0.4, 0.5) is 0 Å². The van der Waals surface area contributed by atoms with Crippen molar-refractivity contribution >= 4 is 11.9 Å². The molecule has 0 saturated carbocycles. The molecule has 1 rings (SSSR count). The summed E-state index contributed by atoms with van der Waals surface area (Å²) in [7, 11) is 1.60. The number of aliphatic carboxylic acids is 1. The lowest BCUT2D eigenvalue weighted by Gasteiger charge is -2.36. The smallest absolute Gasteiger partial charge is 0.305 e. The zero-order valence-electron chi connectivity index (χ0n) is 11.2. The molecule has 0 spiro atoms. The first-order chi connectivity index (χ1) is 9.06. The first-order valence-corrected chi connectivity index (χ1v) is 6.40. The number of hydrogen-bond donors (Lipinski definition) is 2. The van der Waals surface area contributed by atoms with Crippen molar-refractivity contribution in [2.45, 2.75) is 31.3 Å². The summed E-state index contributed by atoms with van der Waals surface area (Å²) in [5.41, 5.74) is 5.85. The van der Waals surface area contributed by atoms with Gasteiger partial charge in [-0.1, -0.05) is 0 Å². The van der Waals surface area contributed by atoms with Gasteiger partial charge >= 0.3 is 5.97 Å². The Morgan fingerprint density at radius 2 is 2.32 bits per heavy atom. The Balaban J connectivity index is 2.53. The van der Waals surface area contributed by atoms with Gasteiger partial charge in [-0.05, 0) is 12.8 Å². The molecule has 0 bridgehead atoms. The minimum atomic E-state index is -0.943. The average Bonchev–Trinajstić information content (AvgIpc) is 2.38. The zero-order valence-corrected chi connectivity index (χ0v) is 11.2. The van der Waals surface area contributed by atoms with Gasteiger partial charge in [0.05, 0.1) is 31.7 Å². The molecular weight excluding hydrogens is 252 g/mol. The van der Waals surface area contributed by atoms with Crippen molar-refractivity contribution in [2.24, 2.45) is 5.73 Å². The van der Waals surface area contributed by atoms with E-state index in [9.17, 15) is 9.59 Å². The van der Waals surface area contributed by atoms with E-state index in [1.54, 1.807) is 7.11 Å². The minimum absolute atomic E-state index is 0.115. The van der Waals surface area contributed by atoms with Crippen molar-refractivity contribution < 1.29 is 24.2 Å². The van der Waals surface area contributed by atoms with Gasteiger partial charge in [-0.2, -0.15) is 0 Å². The number of ether oxygens (including phenoxy) is 2. The van der Waals surface area contributed by atoms with Gasteiger partial charge in [0, 0.05) is 20.3 Å². The Morgan fingerprint density at radius 3 is 2.95 bits per heavy atom. The van der Waals surface area contributed by atoms with Gasteiger partial charge in [0.25, 0.3) is 0 Å². The summed E-state index contributed by atoms with van der Waals surface area (Å²) in [5, 5.41) is 8.84. The van der Waals surface area contributed by atoms with E-state index in [1.807, 2.05) is 0 Å². The molecule has 1 heterocycles. The van der Waals surface area contributed by atoms with Gasteiger partial charge in [-0.3, -0.25) is 9.59 Å². The van der Waals surface area contributed by atoms with Crippen LogP contribution < -0.4 is 5.73 Å². The summed E-state index contributed by atoms with van der Waals surface area (Å²) in [5.74, 6) is -1.15. The van der Waals surface area contributed by atoms with Gasteiger partial charge in [0.15, 0.2) is 0 Å². The van der Waals surface area contributed by atoms with E-state index >= 15 is 0 Å². The maximum Gasteiger partial charge on any atom is 0.305 e. The van der Waals surface area contributed by atoms with Gasteiger partial charge in [-0.25, -0.2) is 0 Å². The van der Waals surface area contributed by atoms with Crippen LogP contribution in [0.2, 0.25) is 0 Å². The molecule has 0 aromatic rings. The summed E-state index contributed by atoms with van der Waals surface area (Å²) in [4.78, 5) is 24.5. The lowest BCUT2D eigenvalue weighted by atomic mass is 10.1. The van der Waals surface area contributed by atoms with Gasteiger partial charge < -0.3 is 25.2 Å². The average molecular weight is 274 g/mol. The molecule has 1 aliphatic rings. The van der Waals surface area contributed by atoms with Crippen molar-refractivity contribution in [2.75, 3.05) is 33.5 Å². The molecule has 0 aromatic carbocycles. The molecular formula is C12H22N2O5. The summed E-state index contributed by atoms with van der Waals surface area (Å²) >= 11 is 0. The van der Waals surface area contributed by atoms with Crippen LogP contribution in [0.5, 0.6) is 0 Å². The van der Waals surface area contributed by atoms with E-state index in [2.05, 4.69) is 0 Å². The van der Waals surface area contributed by atoms with E-state index in [-0.39, 0.29) is 18.9 Å². The first-order valence-electron chi connectivity index (χ1n) is 6.40. The monoisotopic (exact) mass is 274 g/mol. The third-order valence-electron chi connectivity index (χ3n) is 3.10. The van der Waals surface area contributed by atoms with Crippen LogP contribution >= 0.6 is 0 Å². The number of rotatable bonds is 7. The summed E-state index contributed by atoms with van der Waals surface area (Å²) in [6.45, 7) is 1.63. The van der Waals surface area contributed by atoms with E-state index in [0.29, 0.717) is 32.6 Å². The molecule has 1 saturated heterocycles. The van der Waals surface area contributed by atoms with Crippen LogP contribution in [0.3, 0.4) is 0 Å². The van der Waals surface area contributed by atoms with E-state index in [4.69, 9.17) is 20.3 Å². The molecule has 19 heavy (non-hydrogen) atoms. The summed E-state index contributed by atoms with van der Waals surface area (Å²) in [6, 6.07) is -1.03. The topological polar surface area (TPSA) is 102 Å². The molecule has 7 nitrogen and oxygen atoms in total. The standard InChI is InChI=1S/C12H22N2O5/c1-18-5-2-3-10(13)12(17)14-4-6-19-8-9(14)7-11(15)16/h9-10H,2-8,13H2,1H3,(H,15,16). The summed E-state index contributed by atoms with van der Waals surface area (Å²) < 4.78 is 10.1. The van der Waals surface area contributed by atoms with Crippen molar-refractivity contribution in [3.63, 3.8) is 0 Å². The molecule has 0 radical (unpaired) electrons. The minimum Gasteiger partial charge on any atom is -0.481 e. The Hall–Kier alpha value is -1.18. The molecule has 1 fully saturated rings. The lowest BCUT2D eigenvalue weighted by Crippen LogP contribution is -2.54. The Kier molecular flexibility index (Phi) is 6.75.